The topological polar surface area (TPSA) is 38.9 Å². The van der Waals surface area contributed by atoms with E-state index >= 15 is 0 Å². The molecule has 0 saturated heterocycles. The Morgan fingerprint density at radius 2 is 1.81 bits per heavy atom. The lowest BCUT2D eigenvalue weighted by Crippen LogP contribution is -1.80. The van der Waals surface area contributed by atoms with Crippen molar-refractivity contribution in [1.82, 2.24) is 10.2 Å². The van der Waals surface area contributed by atoms with E-state index in [1.807, 2.05) is 30.3 Å². The molecule has 0 saturated carbocycles. The van der Waals surface area contributed by atoms with Gasteiger partial charge in [-0.1, -0.05) is 41.4 Å². The van der Waals surface area contributed by atoms with Gasteiger partial charge >= 0.3 is 0 Å². The first-order chi connectivity index (χ1) is 10.2. The van der Waals surface area contributed by atoms with E-state index in [2.05, 4.69) is 10.2 Å². The fourth-order valence-electron chi connectivity index (χ4n) is 1.75. The summed E-state index contributed by atoms with van der Waals surface area (Å²) in [6.07, 6.45) is 0. The Morgan fingerprint density at radius 1 is 1.00 bits per heavy atom. The fraction of sp³-hybridized carbons (Fsp3) is 0.0667. The average molecular weight is 337 g/mol. The lowest BCUT2D eigenvalue weighted by atomic mass is 10.2. The number of benzene rings is 2. The molecule has 0 fully saturated rings. The number of nitrogens with zero attached hydrogens (tertiary/aromatic N) is 2. The predicted octanol–water partition coefficient (Wildman–Crippen LogP) is 5.34. The first-order valence-electron chi connectivity index (χ1n) is 6.18. The van der Waals surface area contributed by atoms with Crippen molar-refractivity contribution in [3.8, 4) is 11.5 Å². The van der Waals surface area contributed by atoms with Gasteiger partial charge in [-0.3, -0.25) is 0 Å². The standard InChI is InChI=1S/C15H10Cl2N2OS/c16-10-6-7-12(13(17)8-10)15-19-18-14(20-15)9-21-11-4-2-1-3-5-11/h1-8H,9H2. The van der Waals surface area contributed by atoms with Crippen molar-refractivity contribution >= 4 is 35.0 Å². The number of hydrogen-bond donors (Lipinski definition) is 0. The number of thioether (sulfide) groups is 1. The van der Waals surface area contributed by atoms with E-state index in [4.69, 9.17) is 27.6 Å². The summed E-state index contributed by atoms with van der Waals surface area (Å²) in [6.45, 7) is 0. The molecular formula is C15H10Cl2N2OS. The Morgan fingerprint density at radius 3 is 2.57 bits per heavy atom. The van der Waals surface area contributed by atoms with Gasteiger partial charge in [-0.05, 0) is 30.3 Å². The summed E-state index contributed by atoms with van der Waals surface area (Å²) in [5.41, 5.74) is 0.685. The van der Waals surface area contributed by atoms with Gasteiger partial charge < -0.3 is 4.42 Å². The van der Waals surface area contributed by atoms with E-state index in [1.54, 1.807) is 30.0 Å². The Labute approximate surface area is 136 Å². The molecule has 0 aliphatic rings. The van der Waals surface area contributed by atoms with Gasteiger partial charge in [-0.25, -0.2) is 0 Å². The van der Waals surface area contributed by atoms with E-state index in [-0.39, 0.29) is 0 Å². The van der Waals surface area contributed by atoms with Crippen LogP contribution < -0.4 is 0 Å². The molecule has 0 bridgehead atoms. The second kappa shape index (κ2) is 6.52. The summed E-state index contributed by atoms with van der Waals surface area (Å²) in [5, 5.41) is 9.14. The molecule has 3 rings (SSSR count). The molecule has 0 aliphatic carbocycles. The largest absolute Gasteiger partial charge is 0.420 e. The number of rotatable bonds is 4. The molecule has 21 heavy (non-hydrogen) atoms. The minimum Gasteiger partial charge on any atom is -0.420 e. The van der Waals surface area contributed by atoms with Crippen molar-refractivity contribution in [2.24, 2.45) is 0 Å². The van der Waals surface area contributed by atoms with Gasteiger partial charge in [0.25, 0.3) is 0 Å². The lowest BCUT2D eigenvalue weighted by Gasteiger charge is -1.99. The van der Waals surface area contributed by atoms with Crippen LogP contribution in [0.2, 0.25) is 10.0 Å². The van der Waals surface area contributed by atoms with Crippen molar-refractivity contribution in [3.05, 3.63) is 64.5 Å². The maximum atomic E-state index is 6.13. The maximum Gasteiger partial charge on any atom is 0.249 e. The molecule has 0 atom stereocenters. The van der Waals surface area contributed by atoms with Gasteiger partial charge in [-0.2, -0.15) is 0 Å². The molecule has 106 valence electrons. The van der Waals surface area contributed by atoms with E-state index in [0.29, 0.717) is 33.1 Å². The van der Waals surface area contributed by atoms with Crippen LogP contribution in [0.1, 0.15) is 5.89 Å². The molecule has 0 N–H and O–H groups in total. The third-order valence-corrected chi connectivity index (χ3v) is 4.28. The van der Waals surface area contributed by atoms with E-state index in [1.165, 1.54) is 0 Å². The minimum atomic E-state index is 0.403. The summed E-state index contributed by atoms with van der Waals surface area (Å²) >= 11 is 13.6. The highest BCUT2D eigenvalue weighted by atomic mass is 35.5. The highest BCUT2D eigenvalue weighted by molar-refractivity contribution is 7.98. The number of halogens is 2. The van der Waals surface area contributed by atoms with Crippen LogP contribution in [-0.2, 0) is 5.75 Å². The first kappa shape index (κ1) is 14.4. The molecule has 1 heterocycles. The van der Waals surface area contributed by atoms with Gasteiger partial charge in [0, 0.05) is 9.92 Å². The van der Waals surface area contributed by atoms with Crippen molar-refractivity contribution < 1.29 is 4.42 Å². The normalized spacial score (nSPS) is 10.8. The summed E-state index contributed by atoms with van der Waals surface area (Å²) in [6, 6.07) is 15.2. The molecule has 6 heteroatoms. The van der Waals surface area contributed by atoms with Gasteiger partial charge in [-0.15, -0.1) is 22.0 Å². The molecule has 3 nitrogen and oxygen atoms in total. The van der Waals surface area contributed by atoms with E-state index in [0.717, 1.165) is 4.90 Å². The second-order valence-corrected chi connectivity index (χ2v) is 6.12. The molecule has 0 amide bonds. The molecule has 0 aliphatic heterocycles. The Bertz CT molecular complexity index is 746. The summed E-state index contributed by atoms with van der Waals surface area (Å²) < 4.78 is 5.64. The molecule has 0 spiro atoms. The molecule has 3 aromatic rings. The monoisotopic (exact) mass is 336 g/mol. The van der Waals surface area contributed by atoms with E-state index < -0.39 is 0 Å². The first-order valence-corrected chi connectivity index (χ1v) is 7.92. The average Bonchev–Trinajstić information content (AvgIpc) is 2.95. The molecule has 0 radical (unpaired) electrons. The van der Waals surface area contributed by atoms with Crippen molar-refractivity contribution in [2.45, 2.75) is 10.6 Å². The zero-order chi connectivity index (χ0) is 14.7. The van der Waals surface area contributed by atoms with Crippen LogP contribution in [-0.4, -0.2) is 10.2 Å². The smallest absolute Gasteiger partial charge is 0.249 e. The highest BCUT2D eigenvalue weighted by Gasteiger charge is 2.12. The molecule has 0 unspecified atom stereocenters. The third-order valence-electron chi connectivity index (χ3n) is 2.73. The second-order valence-electron chi connectivity index (χ2n) is 4.23. The number of aromatic nitrogens is 2. The van der Waals surface area contributed by atoms with Crippen LogP contribution in [0, 0.1) is 0 Å². The maximum absolute atomic E-state index is 6.13. The van der Waals surface area contributed by atoms with Crippen LogP contribution in [0.25, 0.3) is 11.5 Å². The molecular weight excluding hydrogens is 327 g/mol. The zero-order valence-corrected chi connectivity index (χ0v) is 13.1. The van der Waals surface area contributed by atoms with Crippen LogP contribution in [0.3, 0.4) is 0 Å². The fourth-order valence-corrected chi connectivity index (χ4v) is 2.99. The van der Waals surface area contributed by atoms with Crippen molar-refractivity contribution in [2.75, 3.05) is 0 Å². The van der Waals surface area contributed by atoms with Crippen LogP contribution in [0.4, 0.5) is 0 Å². The Kier molecular flexibility index (Phi) is 4.48. The van der Waals surface area contributed by atoms with Crippen LogP contribution in [0.15, 0.2) is 57.8 Å². The summed E-state index contributed by atoms with van der Waals surface area (Å²) in [7, 11) is 0. The lowest BCUT2D eigenvalue weighted by molar-refractivity contribution is 0.528. The third kappa shape index (κ3) is 3.59. The van der Waals surface area contributed by atoms with Gasteiger partial charge in [0.15, 0.2) is 0 Å². The van der Waals surface area contributed by atoms with Gasteiger partial charge in [0.1, 0.15) is 0 Å². The summed E-state index contributed by atoms with van der Waals surface area (Å²) in [4.78, 5) is 1.15. The summed E-state index contributed by atoms with van der Waals surface area (Å²) in [5.74, 6) is 1.58. The van der Waals surface area contributed by atoms with Crippen molar-refractivity contribution in [3.63, 3.8) is 0 Å². The quantitative estimate of drug-likeness (QED) is 0.603. The molecule has 2 aromatic carbocycles. The zero-order valence-electron chi connectivity index (χ0n) is 10.8. The van der Waals surface area contributed by atoms with Crippen LogP contribution >= 0.6 is 35.0 Å². The minimum absolute atomic E-state index is 0.403. The SMILES string of the molecule is Clc1ccc(-c2nnc(CSc3ccccc3)o2)c(Cl)c1. The van der Waals surface area contributed by atoms with Gasteiger partial charge in [0.05, 0.1) is 16.3 Å². The Balaban J connectivity index is 1.74. The predicted molar refractivity (Wildman–Crippen MR) is 85.8 cm³/mol. The van der Waals surface area contributed by atoms with Crippen molar-refractivity contribution in [1.29, 1.82) is 0 Å². The number of hydrogen-bond acceptors (Lipinski definition) is 4. The van der Waals surface area contributed by atoms with E-state index in [9.17, 15) is 0 Å². The Hall–Kier alpha value is -1.49. The van der Waals surface area contributed by atoms with Gasteiger partial charge in [0.2, 0.25) is 11.8 Å². The molecule has 1 aromatic heterocycles. The highest BCUT2D eigenvalue weighted by Crippen LogP contribution is 2.30. The van der Waals surface area contributed by atoms with Crippen LogP contribution in [0.5, 0.6) is 0 Å².